The standard InChI is InChI=1S/C14H13F3N2O4/c15-14(16,17)8-3-1-2-4-9(8)18-12(21)7-23-13(22)10-5-6-11(20)19-10/h1-4,10H,5-7H2,(H,18,21)(H,19,20)/t10-/m0/s1. The first-order valence-corrected chi connectivity index (χ1v) is 6.69. The summed E-state index contributed by atoms with van der Waals surface area (Å²) in [5, 5.41) is 4.41. The van der Waals surface area contributed by atoms with E-state index in [9.17, 15) is 27.6 Å². The average molecular weight is 330 g/mol. The summed E-state index contributed by atoms with van der Waals surface area (Å²) in [6.45, 7) is -0.739. The Morgan fingerprint density at radius 2 is 2.00 bits per heavy atom. The second kappa shape index (κ2) is 6.67. The first-order valence-electron chi connectivity index (χ1n) is 6.69. The molecule has 2 rings (SSSR count). The molecule has 0 aliphatic carbocycles. The number of hydrogen-bond acceptors (Lipinski definition) is 4. The van der Waals surface area contributed by atoms with Crippen molar-refractivity contribution >= 4 is 23.5 Å². The fourth-order valence-electron chi connectivity index (χ4n) is 2.05. The van der Waals surface area contributed by atoms with Gasteiger partial charge in [0, 0.05) is 6.42 Å². The first-order chi connectivity index (χ1) is 10.8. The fourth-order valence-corrected chi connectivity index (χ4v) is 2.05. The number of hydrogen-bond donors (Lipinski definition) is 2. The van der Waals surface area contributed by atoms with E-state index < -0.39 is 42.0 Å². The Bertz CT molecular complexity index is 631. The highest BCUT2D eigenvalue weighted by molar-refractivity contribution is 5.94. The lowest BCUT2D eigenvalue weighted by Gasteiger charge is -2.14. The summed E-state index contributed by atoms with van der Waals surface area (Å²) >= 11 is 0. The Morgan fingerprint density at radius 3 is 2.61 bits per heavy atom. The number of amides is 2. The summed E-state index contributed by atoms with van der Waals surface area (Å²) in [6, 6.07) is 3.64. The Labute approximate surface area is 129 Å². The Balaban J connectivity index is 1.91. The van der Waals surface area contributed by atoms with Gasteiger partial charge in [-0.1, -0.05) is 12.1 Å². The molecule has 2 N–H and O–H groups in total. The van der Waals surface area contributed by atoms with E-state index in [1.165, 1.54) is 12.1 Å². The molecule has 23 heavy (non-hydrogen) atoms. The highest BCUT2D eigenvalue weighted by Gasteiger charge is 2.34. The monoisotopic (exact) mass is 330 g/mol. The maximum absolute atomic E-state index is 12.8. The zero-order valence-corrected chi connectivity index (χ0v) is 11.8. The van der Waals surface area contributed by atoms with Crippen LogP contribution in [-0.2, 0) is 25.3 Å². The van der Waals surface area contributed by atoms with Crippen molar-refractivity contribution in [1.82, 2.24) is 5.32 Å². The van der Waals surface area contributed by atoms with E-state index >= 15 is 0 Å². The number of nitrogens with one attached hydrogen (secondary N) is 2. The van der Waals surface area contributed by atoms with E-state index in [0.29, 0.717) is 0 Å². The van der Waals surface area contributed by atoms with Gasteiger partial charge in [-0.05, 0) is 18.6 Å². The van der Waals surface area contributed by atoms with Crippen LogP contribution < -0.4 is 10.6 Å². The molecule has 9 heteroatoms. The molecular weight excluding hydrogens is 317 g/mol. The van der Waals surface area contributed by atoms with Gasteiger partial charge in [-0.2, -0.15) is 13.2 Å². The smallest absolute Gasteiger partial charge is 0.418 e. The van der Waals surface area contributed by atoms with Gasteiger partial charge in [0.15, 0.2) is 6.61 Å². The minimum absolute atomic E-state index is 0.185. The fraction of sp³-hybridized carbons (Fsp3) is 0.357. The molecule has 1 fully saturated rings. The number of benzene rings is 1. The Morgan fingerprint density at radius 1 is 1.30 bits per heavy atom. The summed E-state index contributed by atoms with van der Waals surface area (Å²) in [6.07, 6.45) is -4.17. The van der Waals surface area contributed by atoms with E-state index in [4.69, 9.17) is 0 Å². The number of para-hydroxylation sites is 1. The van der Waals surface area contributed by atoms with Gasteiger partial charge < -0.3 is 15.4 Å². The third-order valence-corrected chi connectivity index (χ3v) is 3.13. The molecule has 1 heterocycles. The third kappa shape index (κ3) is 4.44. The molecular formula is C14H13F3N2O4. The zero-order valence-electron chi connectivity index (χ0n) is 11.8. The van der Waals surface area contributed by atoms with Crippen LogP contribution in [0, 0.1) is 0 Å². The quantitative estimate of drug-likeness (QED) is 0.819. The van der Waals surface area contributed by atoms with Crippen molar-refractivity contribution in [2.45, 2.75) is 25.1 Å². The molecule has 0 radical (unpaired) electrons. The molecule has 1 aromatic carbocycles. The molecule has 0 saturated carbocycles. The Hall–Kier alpha value is -2.58. The number of esters is 1. The molecule has 1 aliphatic heterocycles. The van der Waals surface area contributed by atoms with Crippen molar-refractivity contribution in [3.05, 3.63) is 29.8 Å². The number of carbonyl (C=O) groups excluding carboxylic acids is 3. The van der Waals surface area contributed by atoms with E-state index in [-0.39, 0.29) is 18.7 Å². The van der Waals surface area contributed by atoms with E-state index in [2.05, 4.69) is 10.1 Å². The van der Waals surface area contributed by atoms with E-state index in [1.807, 2.05) is 5.32 Å². The molecule has 0 bridgehead atoms. The molecule has 124 valence electrons. The van der Waals surface area contributed by atoms with Crippen LogP contribution in [0.3, 0.4) is 0 Å². The van der Waals surface area contributed by atoms with Crippen molar-refractivity contribution in [2.24, 2.45) is 0 Å². The predicted molar refractivity (Wildman–Crippen MR) is 72.2 cm³/mol. The molecule has 1 saturated heterocycles. The van der Waals surface area contributed by atoms with Crippen molar-refractivity contribution in [1.29, 1.82) is 0 Å². The number of anilines is 1. The molecule has 1 aliphatic rings. The third-order valence-electron chi connectivity index (χ3n) is 3.13. The lowest BCUT2D eigenvalue weighted by atomic mass is 10.1. The van der Waals surface area contributed by atoms with Gasteiger partial charge in [-0.3, -0.25) is 9.59 Å². The second-order valence-corrected chi connectivity index (χ2v) is 4.86. The summed E-state index contributed by atoms with van der Waals surface area (Å²) < 4.78 is 43.0. The van der Waals surface area contributed by atoms with Crippen molar-refractivity contribution in [3.8, 4) is 0 Å². The highest BCUT2D eigenvalue weighted by atomic mass is 19.4. The average Bonchev–Trinajstić information content (AvgIpc) is 2.91. The maximum atomic E-state index is 12.8. The molecule has 0 aromatic heterocycles. The van der Waals surface area contributed by atoms with Crippen LogP contribution in [0.15, 0.2) is 24.3 Å². The SMILES string of the molecule is O=C(COC(=O)[C@@H]1CCC(=O)N1)Nc1ccccc1C(F)(F)F. The minimum Gasteiger partial charge on any atom is -0.454 e. The summed E-state index contributed by atoms with van der Waals surface area (Å²) in [5.41, 5.74) is -1.42. The van der Waals surface area contributed by atoms with Gasteiger partial charge in [-0.15, -0.1) is 0 Å². The van der Waals surface area contributed by atoms with Gasteiger partial charge in [0.25, 0.3) is 5.91 Å². The summed E-state index contributed by atoms with van der Waals surface area (Å²) in [7, 11) is 0. The van der Waals surface area contributed by atoms with Crippen LogP contribution >= 0.6 is 0 Å². The molecule has 1 aromatic rings. The summed E-state index contributed by atoms with van der Waals surface area (Å²) in [5.74, 6) is -2.00. The minimum atomic E-state index is -4.62. The number of halogens is 3. The topological polar surface area (TPSA) is 84.5 Å². The predicted octanol–water partition coefficient (Wildman–Crippen LogP) is 1.47. The normalized spacial score (nSPS) is 17.5. The molecule has 6 nitrogen and oxygen atoms in total. The van der Waals surface area contributed by atoms with E-state index in [1.54, 1.807) is 0 Å². The summed E-state index contributed by atoms with van der Waals surface area (Å²) in [4.78, 5) is 34.2. The lowest BCUT2D eigenvalue weighted by molar-refractivity contribution is -0.149. The van der Waals surface area contributed by atoms with Gasteiger partial charge in [0.2, 0.25) is 5.91 Å². The molecule has 0 unspecified atom stereocenters. The van der Waals surface area contributed by atoms with E-state index in [0.717, 1.165) is 12.1 Å². The number of alkyl halides is 3. The van der Waals surface area contributed by atoms with Crippen LogP contribution in [-0.4, -0.2) is 30.4 Å². The number of rotatable bonds is 4. The largest absolute Gasteiger partial charge is 0.454 e. The number of carbonyl (C=O) groups is 3. The van der Waals surface area contributed by atoms with Gasteiger partial charge >= 0.3 is 12.1 Å². The first kappa shape index (κ1) is 16.8. The van der Waals surface area contributed by atoms with Gasteiger partial charge in [0.05, 0.1) is 11.3 Å². The van der Waals surface area contributed by atoms with Crippen molar-refractivity contribution in [3.63, 3.8) is 0 Å². The molecule has 1 atom stereocenters. The van der Waals surface area contributed by atoms with Gasteiger partial charge in [-0.25, -0.2) is 4.79 Å². The number of ether oxygens (including phenoxy) is 1. The van der Waals surface area contributed by atoms with Crippen molar-refractivity contribution in [2.75, 3.05) is 11.9 Å². The van der Waals surface area contributed by atoms with Crippen LogP contribution in [0.1, 0.15) is 18.4 Å². The van der Waals surface area contributed by atoms with Crippen molar-refractivity contribution < 1.29 is 32.3 Å². The van der Waals surface area contributed by atoms with Crippen LogP contribution in [0.4, 0.5) is 18.9 Å². The molecule has 2 amide bonds. The Kier molecular flexibility index (Phi) is 4.87. The van der Waals surface area contributed by atoms with Crippen LogP contribution in [0.25, 0.3) is 0 Å². The maximum Gasteiger partial charge on any atom is 0.418 e. The molecule has 0 spiro atoms. The van der Waals surface area contributed by atoms with Crippen LogP contribution in [0.5, 0.6) is 0 Å². The van der Waals surface area contributed by atoms with Gasteiger partial charge in [0.1, 0.15) is 6.04 Å². The zero-order chi connectivity index (χ0) is 17.0. The highest BCUT2D eigenvalue weighted by Crippen LogP contribution is 2.34. The second-order valence-electron chi connectivity index (χ2n) is 4.86. The van der Waals surface area contributed by atoms with Crippen LogP contribution in [0.2, 0.25) is 0 Å². The lowest BCUT2D eigenvalue weighted by Crippen LogP contribution is -2.36.